The summed E-state index contributed by atoms with van der Waals surface area (Å²) in [6.45, 7) is 4.82. The molecule has 7 heteroatoms. The van der Waals surface area contributed by atoms with Crippen LogP contribution in [0.1, 0.15) is 24.2 Å². The van der Waals surface area contributed by atoms with Gasteiger partial charge in [-0.2, -0.15) is 0 Å². The Balaban J connectivity index is 1.75. The summed E-state index contributed by atoms with van der Waals surface area (Å²) in [6, 6.07) is 5.56. The number of piperazine rings is 2. The van der Waals surface area contributed by atoms with Gasteiger partial charge < -0.3 is 15.1 Å². The first-order chi connectivity index (χ1) is 11.4. The zero-order chi connectivity index (χ0) is 17.4. The molecule has 128 valence electrons. The van der Waals surface area contributed by atoms with Crippen LogP contribution in [0.25, 0.3) is 0 Å². The lowest BCUT2D eigenvalue weighted by Gasteiger charge is -2.46. The molecule has 1 N–H and O–H groups in total. The number of halogens is 1. The van der Waals surface area contributed by atoms with Crippen molar-refractivity contribution in [2.45, 2.75) is 25.9 Å². The van der Waals surface area contributed by atoms with Crippen molar-refractivity contribution in [1.82, 2.24) is 15.1 Å². The fraction of sp³-hybridized carbons (Fsp3) is 0.471. The molecule has 6 nitrogen and oxygen atoms in total. The molecule has 0 aromatic heterocycles. The SMILES string of the molecule is CC(C)[C@H]1NC(=O)[C@H]2CN(C(=O)c3ccc(Cl)cc3)CCN2C1=O. The van der Waals surface area contributed by atoms with E-state index in [9.17, 15) is 14.4 Å². The molecule has 2 aliphatic heterocycles. The average molecular weight is 350 g/mol. The van der Waals surface area contributed by atoms with Gasteiger partial charge in [-0.25, -0.2) is 0 Å². The van der Waals surface area contributed by atoms with Gasteiger partial charge in [-0.15, -0.1) is 0 Å². The molecule has 2 atom stereocenters. The minimum atomic E-state index is -0.613. The predicted molar refractivity (Wildman–Crippen MR) is 89.6 cm³/mol. The number of nitrogens with zero attached hydrogens (tertiary/aromatic N) is 2. The molecule has 0 spiro atoms. The molecule has 2 aliphatic rings. The van der Waals surface area contributed by atoms with Gasteiger partial charge in [0.15, 0.2) is 0 Å². The highest BCUT2D eigenvalue weighted by molar-refractivity contribution is 6.30. The van der Waals surface area contributed by atoms with Gasteiger partial charge in [-0.05, 0) is 30.2 Å². The summed E-state index contributed by atoms with van der Waals surface area (Å²) >= 11 is 5.85. The quantitative estimate of drug-likeness (QED) is 0.870. The monoisotopic (exact) mass is 349 g/mol. The van der Waals surface area contributed by atoms with Crippen LogP contribution in [0, 0.1) is 5.92 Å². The van der Waals surface area contributed by atoms with Crippen LogP contribution < -0.4 is 5.32 Å². The smallest absolute Gasteiger partial charge is 0.254 e. The van der Waals surface area contributed by atoms with Crippen LogP contribution in [0.3, 0.4) is 0 Å². The third-order valence-corrected chi connectivity index (χ3v) is 4.83. The first-order valence-corrected chi connectivity index (χ1v) is 8.42. The molecule has 3 amide bonds. The number of nitrogens with one attached hydrogen (secondary N) is 1. The lowest BCUT2D eigenvalue weighted by atomic mass is 9.96. The van der Waals surface area contributed by atoms with Crippen molar-refractivity contribution >= 4 is 29.3 Å². The fourth-order valence-electron chi connectivity index (χ4n) is 3.17. The third-order valence-electron chi connectivity index (χ3n) is 4.57. The predicted octanol–water partition coefficient (Wildman–Crippen LogP) is 1.15. The van der Waals surface area contributed by atoms with Crippen LogP contribution in [0.5, 0.6) is 0 Å². The third kappa shape index (κ3) is 2.98. The number of benzene rings is 1. The minimum Gasteiger partial charge on any atom is -0.342 e. The number of hydrogen-bond donors (Lipinski definition) is 1. The van der Waals surface area contributed by atoms with Crippen LogP contribution in [-0.4, -0.2) is 59.2 Å². The number of carbonyl (C=O) groups excluding carboxylic acids is 3. The molecule has 3 rings (SSSR count). The van der Waals surface area contributed by atoms with Crippen LogP contribution in [0.4, 0.5) is 0 Å². The summed E-state index contributed by atoms with van der Waals surface area (Å²) in [5.41, 5.74) is 0.524. The van der Waals surface area contributed by atoms with Crippen molar-refractivity contribution in [1.29, 1.82) is 0 Å². The normalized spacial score (nSPS) is 24.0. The highest BCUT2D eigenvalue weighted by atomic mass is 35.5. The second-order valence-corrected chi connectivity index (χ2v) is 6.97. The molecular formula is C17H20ClN3O3. The van der Waals surface area contributed by atoms with E-state index in [2.05, 4.69) is 5.32 Å². The van der Waals surface area contributed by atoms with Crippen LogP contribution in [0.15, 0.2) is 24.3 Å². The van der Waals surface area contributed by atoms with Crippen molar-refractivity contribution in [3.8, 4) is 0 Å². The van der Waals surface area contributed by atoms with Crippen molar-refractivity contribution in [3.63, 3.8) is 0 Å². The van der Waals surface area contributed by atoms with Gasteiger partial charge in [0.05, 0.1) is 6.54 Å². The molecular weight excluding hydrogens is 330 g/mol. The van der Waals surface area contributed by atoms with E-state index in [1.807, 2.05) is 13.8 Å². The van der Waals surface area contributed by atoms with Gasteiger partial charge in [0.2, 0.25) is 11.8 Å². The molecule has 0 bridgehead atoms. The van der Waals surface area contributed by atoms with E-state index in [0.29, 0.717) is 23.7 Å². The van der Waals surface area contributed by atoms with Gasteiger partial charge in [0.25, 0.3) is 5.91 Å². The molecule has 0 saturated carbocycles. The summed E-state index contributed by atoms with van der Waals surface area (Å²) in [6.07, 6.45) is 0. The van der Waals surface area contributed by atoms with Gasteiger partial charge >= 0.3 is 0 Å². The van der Waals surface area contributed by atoms with Crippen molar-refractivity contribution < 1.29 is 14.4 Å². The largest absolute Gasteiger partial charge is 0.342 e. The Kier molecular flexibility index (Phi) is 4.49. The summed E-state index contributed by atoms with van der Waals surface area (Å²) in [5.74, 6) is -0.372. The van der Waals surface area contributed by atoms with E-state index < -0.39 is 12.1 Å². The maximum atomic E-state index is 12.6. The molecule has 2 heterocycles. The summed E-state index contributed by atoms with van der Waals surface area (Å²) < 4.78 is 0. The van der Waals surface area contributed by atoms with Crippen LogP contribution in [0.2, 0.25) is 5.02 Å². The van der Waals surface area contributed by atoms with Crippen molar-refractivity contribution in [2.75, 3.05) is 19.6 Å². The molecule has 1 aromatic rings. The van der Waals surface area contributed by atoms with E-state index in [1.54, 1.807) is 34.1 Å². The maximum Gasteiger partial charge on any atom is 0.254 e. The summed E-state index contributed by atoms with van der Waals surface area (Å²) in [5, 5.41) is 3.35. The Bertz CT molecular complexity index is 674. The Hall–Kier alpha value is -2.08. The van der Waals surface area contributed by atoms with Gasteiger partial charge in [-0.3, -0.25) is 14.4 Å². The van der Waals surface area contributed by atoms with Crippen LogP contribution in [-0.2, 0) is 9.59 Å². The number of hydrogen-bond acceptors (Lipinski definition) is 3. The standard InChI is InChI=1S/C17H20ClN3O3/c1-10(2)14-17(24)21-8-7-20(9-13(21)15(22)19-14)16(23)11-3-5-12(18)6-4-11/h3-6,10,13-14H,7-9H2,1-2H3,(H,19,22)/t13-,14-/m1/s1. The molecule has 24 heavy (non-hydrogen) atoms. The summed E-state index contributed by atoms with van der Waals surface area (Å²) in [7, 11) is 0. The molecule has 2 fully saturated rings. The Labute approximate surface area is 145 Å². The summed E-state index contributed by atoms with van der Waals surface area (Å²) in [4.78, 5) is 40.7. The van der Waals surface area contributed by atoms with Crippen LogP contribution >= 0.6 is 11.6 Å². The van der Waals surface area contributed by atoms with Gasteiger partial charge in [-0.1, -0.05) is 25.4 Å². The van der Waals surface area contributed by atoms with E-state index in [4.69, 9.17) is 11.6 Å². The number of amides is 3. The fourth-order valence-corrected chi connectivity index (χ4v) is 3.30. The zero-order valence-corrected chi connectivity index (χ0v) is 14.4. The first-order valence-electron chi connectivity index (χ1n) is 8.04. The van der Waals surface area contributed by atoms with Gasteiger partial charge in [0, 0.05) is 23.7 Å². The Morgan fingerprint density at radius 1 is 1.21 bits per heavy atom. The number of fused-ring (bicyclic) bond motifs is 1. The highest BCUT2D eigenvalue weighted by Crippen LogP contribution is 2.21. The first kappa shape index (κ1) is 16.8. The molecule has 0 radical (unpaired) electrons. The number of rotatable bonds is 2. The Morgan fingerprint density at radius 2 is 1.88 bits per heavy atom. The highest BCUT2D eigenvalue weighted by Gasteiger charge is 2.45. The van der Waals surface area contributed by atoms with E-state index in [-0.39, 0.29) is 30.2 Å². The topological polar surface area (TPSA) is 69.7 Å². The molecule has 0 unspecified atom stereocenters. The minimum absolute atomic E-state index is 0.0381. The van der Waals surface area contributed by atoms with E-state index in [0.717, 1.165) is 0 Å². The van der Waals surface area contributed by atoms with Crippen molar-refractivity contribution in [2.24, 2.45) is 5.92 Å². The van der Waals surface area contributed by atoms with Crippen molar-refractivity contribution in [3.05, 3.63) is 34.9 Å². The van der Waals surface area contributed by atoms with E-state index in [1.165, 1.54) is 0 Å². The lowest BCUT2D eigenvalue weighted by molar-refractivity contribution is -0.153. The molecule has 1 aromatic carbocycles. The zero-order valence-electron chi connectivity index (χ0n) is 13.7. The van der Waals surface area contributed by atoms with E-state index >= 15 is 0 Å². The second kappa shape index (κ2) is 6.43. The molecule has 2 saturated heterocycles. The second-order valence-electron chi connectivity index (χ2n) is 6.54. The lowest BCUT2D eigenvalue weighted by Crippen LogP contribution is -2.70. The average Bonchev–Trinajstić information content (AvgIpc) is 2.57. The van der Waals surface area contributed by atoms with Gasteiger partial charge in [0.1, 0.15) is 12.1 Å². The maximum absolute atomic E-state index is 12.6. The molecule has 0 aliphatic carbocycles. The number of carbonyl (C=O) groups is 3. The Morgan fingerprint density at radius 3 is 2.50 bits per heavy atom.